The topological polar surface area (TPSA) is 33.1 Å². The molecule has 0 fully saturated rings. The van der Waals surface area contributed by atoms with Crippen LogP contribution in [0.1, 0.15) is 18.2 Å². The number of halogens is 2. The molecule has 0 aliphatic heterocycles. The van der Waals surface area contributed by atoms with E-state index in [0.717, 1.165) is 6.92 Å². The van der Waals surface area contributed by atoms with E-state index in [9.17, 15) is 8.78 Å². The summed E-state index contributed by atoms with van der Waals surface area (Å²) in [7, 11) is 0. The number of alkyl halides is 2. The zero-order valence-corrected chi connectivity index (χ0v) is 6.59. The number of rotatable bonds is 2. The van der Waals surface area contributed by atoms with Crippen molar-refractivity contribution in [1.82, 2.24) is 4.98 Å². The lowest BCUT2D eigenvalue weighted by Crippen LogP contribution is -2.09. The van der Waals surface area contributed by atoms with E-state index in [1.165, 1.54) is 18.3 Å². The van der Waals surface area contributed by atoms with Gasteiger partial charge in [0.25, 0.3) is 5.92 Å². The molecule has 0 aliphatic carbocycles. The van der Waals surface area contributed by atoms with E-state index in [1.807, 2.05) is 0 Å². The summed E-state index contributed by atoms with van der Waals surface area (Å²) in [5, 5.41) is 8.66. The van der Waals surface area contributed by atoms with Crippen molar-refractivity contribution in [2.75, 3.05) is 0 Å². The van der Waals surface area contributed by atoms with Gasteiger partial charge in [0.15, 0.2) is 0 Å². The minimum atomic E-state index is -2.94. The molecule has 0 aromatic carbocycles. The third-order valence-electron chi connectivity index (χ3n) is 1.46. The van der Waals surface area contributed by atoms with Gasteiger partial charge in [0.1, 0.15) is 5.69 Å². The highest BCUT2D eigenvalue weighted by Crippen LogP contribution is 2.25. The van der Waals surface area contributed by atoms with Gasteiger partial charge >= 0.3 is 0 Å². The fraction of sp³-hybridized carbons (Fsp3) is 0.375. The average Bonchev–Trinajstić information content (AvgIpc) is 2.03. The summed E-state index contributed by atoms with van der Waals surface area (Å²) >= 11 is 0. The molecule has 1 heterocycles. The van der Waals surface area contributed by atoms with E-state index in [2.05, 4.69) is 4.98 Å². The fourth-order valence-corrected chi connectivity index (χ4v) is 0.813. The molecule has 0 saturated carbocycles. The lowest BCUT2D eigenvalue weighted by atomic mass is 10.2. The van der Waals surface area contributed by atoms with Crippen molar-refractivity contribution in [1.29, 1.82) is 0 Å². The second-order valence-corrected chi connectivity index (χ2v) is 2.60. The maximum atomic E-state index is 12.6. The molecule has 0 atom stereocenters. The molecule has 0 aliphatic rings. The van der Waals surface area contributed by atoms with Gasteiger partial charge in [-0.25, -0.2) is 0 Å². The summed E-state index contributed by atoms with van der Waals surface area (Å²) in [6.07, 6.45) is 1.26. The molecule has 0 bridgehead atoms. The van der Waals surface area contributed by atoms with Gasteiger partial charge < -0.3 is 5.11 Å². The van der Waals surface area contributed by atoms with Crippen molar-refractivity contribution in [3.63, 3.8) is 0 Å². The molecule has 1 N–H and O–H groups in total. The van der Waals surface area contributed by atoms with Crippen LogP contribution in [0.4, 0.5) is 8.78 Å². The van der Waals surface area contributed by atoms with Crippen molar-refractivity contribution in [3.05, 3.63) is 29.6 Å². The number of pyridine rings is 1. The molecule has 12 heavy (non-hydrogen) atoms. The van der Waals surface area contributed by atoms with Gasteiger partial charge in [-0.2, -0.15) is 8.78 Å². The van der Waals surface area contributed by atoms with Crippen LogP contribution in [0.3, 0.4) is 0 Å². The smallest absolute Gasteiger partial charge is 0.286 e. The molecule has 66 valence electrons. The van der Waals surface area contributed by atoms with Crippen LogP contribution in [-0.2, 0) is 12.5 Å². The monoisotopic (exact) mass is 173 g/mol. The van der Waals surface area contributed by atoms with Crippen LogP contribution < -0.4 is 0 Å². The van der Waals surface area contributed by atoms with Crippen molar-refractivity contribution in [2.45, 2.75) is 19.5 Å². The largest absolute Gasteiger partial charge is 0.392 e. The van der Waals surface area contributed by atoms with Gasteiger partial charge in [-0.05, 0) is 17.7 Å². The minimum Gasteiger partial charge on any atom is -0.392 e. The van der Waals surface area contributed by atoms with Crippen LogP contribution in [0, 0.1) is 0 Å². The Kier molecular flexibility index (Phi) is 2.38. The zero-order chi connectivity index (χ0) is 9.19. The van der Waals surface area contributed by atoms with Crippen molar-refractivity contribution < 1.29 is 13.9 Å². The highest BCUT2D eigenvalue weighted by Gasteiger charge is 2.25. The lowest BCUT2D eigenvalue weighted by Gasteiger charge is -2.09. The van der Waals surface area contributed by atoms with E-state index in [-0.39, 0.29) is 12.3 Å². The Balaban J connectivity index is 3.02. The lowest BCUT2D eigenvalue weighted by molar-refractivity contribution is 0.0126. The maximum Gasteiger partial charge on any atom is 0.286 e. The molecule has 1 aromatic rings. The maximum absolute atomic E-state index is 12.6. The predicted octanol–water partition coefficient (Wildman–Crippen LogP) is 1.69. The SMILES string of the molecule is CC(F)(F)c1cc(CO)ccn1. The highest BCUT2D eigenvalue weighted by atomic mass is 19.3. The van der Waals surface area contributed by atoms with E-state index >= 15 is 0 Å². The molecule has 2 nitrogen and oxygen atoms in total. The summed E-state index contributed by atoms with van der Waals surface area (Å²) in [6.45, 7) is 0.530. The van der Waals surface area contributed by atoms with Crippen molar-refractivity contribution in [2.24, 2.45) is 0 Å². The van der Waals surface area contributed by atoms with E-state index in [0.29, 0.717) is 5.56 Å². The number of hydrogen-bond donors (Lipinski definition) is 1. The molecule has 0 spiro atoms. The Hall–Kier alpha value is -1.03. The van der Waals surface area contributed by atoms with Crippen LogP contribution >= 0.6 is 0 Å². The van der Waals surface area contributed by atoms with Crippen LogP contribution in [0.25, 0.3) is 0 Å². The third-order valence-corrected chi connectivity index (χ3v) is 1.46. The summed E-state index contributed by atoms with van der Waals surface area (Å²) in [6, 6.07) is 2.69. The second kappa shape index (κ2) is 3.15. The van der Waals surface area contributed by atoms with Crippen LogP contribution in [-0.4, -0.2) is 10.1 Å². The van der Waals surface area contributed by atoms with Gasteiger partial charge in [0, 0.05) is 13.1 Å². The molecule has 0 saturated heterocycles. The van der Waals surface area contributed by atoms with Gasteiger partial charge in [-0.15, -0.1) is 0 Å². The molecular weight excluding hydrogens is 164 g/mol. The van der Waals surface area contributed by atoms with Gasteiger partial charge in [0.2, 0.25) is 0 Å². The number of aromatic nitrogens is 1. The van der Waals surface area contributed by atoms with Gasteiger partial charge in [-0.1, -0.05) is 0 Å². The predicted molar refractivity (Wildman–Crippen MR) is 39.7 cm³/mol. The average molecular weight is 173 g/mol. The van der Waals surface area contributed by atoms with E-state index in [4.69, 9.17) is 5.11 Å². The Labute approximate surface area is 68.9 Å². The first-order valence-corrected chi connectivity index (χ1v) is 3.48. The molecule has 0 radical (unpaired) electrons. The Morgan fingerprint density at radius 3 is 2.75 bits per heavy atom. The molecular formula is C8H9F2NO. The Morgan fingerprint density at radius 1 is 1.58 bits per heavy atom. The first-order chi connectivity index (χ1) is 5.54. The highest BCUT2D eigenvalue weighted by molar-refractivity contribution is 5.18. The van der Waals surface area contributed by atoms with E-state index < -0.39 is 5.92 Å². The third kappa shape index (κ3) is 1.98. The quantitative estimate of drug-likeness (QED) is 0.738. The zero-order valence-electron chi connectivity index (χ0n) is 6.59. The summed E-state index contributed by atoms with van der Waals surface area (Å²) < 4.78 is 25.3. The van der Waals surface area contributed by atoms with Crippen molar-refractivity contribution in [3.8, 4) is 0 Å². The summed E-state index contributed by atoms with van der Waals surface area (Å²) in [5.41, 5.74) is 0.135. The molecule has 0 amide bonds. The standard InChI is InChI=1S/C8H9F2NO/c1-8(9,10)7-4-6(5-12)2-3-11-7/h2-4,12H,5H2,1H3. The second-order valence-electron chi connectivity index (χ2n) is 2.60. The van der Waals surface area contributed by atoms with Gasteiger partial charge in [-0.3, -0.25) is 4.98 Å². The molecule has 1 aromatic heterocycles. The molecule has 1 rings (SSSR count). The first-order valence-electron chi connectivity index (χ1n) is 3.48. The number of nitrogens with zero attached hydrogens (tertiary/aromatic N) is 1. The van der Waals surface area contributed by atoms with Crippen molar-refractivity contribution >= 4 is 0 Å². The normalized spacial score (nSPS) is 11.7. The Morgan fingerprint density at radius 2 is 2.25 bits per heavy atom. The van der Waals surface area contributed by atoms with Crippen LogP contribution in [0.5, 0.6) is 0 Å². The Bertz CT molecular complexity index is 270. The molecule has 0 unspecified atom stereocenters. The van der Waals surface area contributed by atoms with Crippen LogP contribution in [0.2, 0.25) is 0 Å². The number of aliphatic hydroxyl groups excluding tert-OH is 1. The summed E-state index contributed by atoms with van der Waals surface area (Å²) in [4.78, 5) is 3.50. The summed E-state index contributed by atoms with van der Waals surface area (Å²) in [5.74, 6) is -2.94. The minimum absolute atomic E-state index is 0.244. The number of aliphatic hydroxyl groups is 1. The van der Waals surface area contributed by atoms with E-state index in [1.54, 1.807) is 0 Å². The first kappa shape index (κ1) is 9.06. The van der Waals surface area contributed by atoms with Gasteiger partial charge in [0.05, 0.1) is 6.61 Å². The fourth-order valence-electron chi connectivity index (χ4n) is 0.813. The number of hydrogen-bond acceptors (Lipinski definition) is 2. The molecule has 4 heteroatoms. The van der Waals surface area contributed by atoms with Crippen LogP contribution in [0.15, 0.2) is 18.3 Å².